The molecule has 7 nitrogen and oxygen atoms in total. The van der Waals surface area contributed by atoms with Gasteiger partial charge in [0.2, 0.25) is 5.88 Å². The van der Waals surface area contributed by atoms with E-state index in [-0.39, 0.29) is 17.6 Å². The van der Waals surface area contributed by atoms with E-state index in [9.17, 15) is 9.59 Å². The summed E-state index contributed by atoms with van der Waals surface area (Å²) in [6.07, 6.45) is 1.47. The molecule has 2 atom stereocenters. The molecule has 130 valence electrons. The second-order valence-corrected chi connectivity index (χ2v) is 6.55. The number of halogens is 1. The number of carbonyl (C=O) groups is 2. The van der Waals surface area contributed by atoms with Crippen LogP contribution in [0.1, 0.15) is 22.5 Å². The van der Waals surface area contributed by atoms with Crippen molar-refractivity contribution in [2.75, 3.05) is 6.61 Å². The largest absolute Gasteiger partial charge is 0.491 e. The van der Waals surface area contributed by atoms with Gasteiger partial charge in [-0.05, 0) is 30.2 Å². The zero-order chi connectivity index (χ0) is 17.4. The summed E-state index contributed by atoms with van der Waals surface area (Å²) >= 11 is 6.01. The number of hydrogen-bond donors (Lipinski definition) is 1. The van der Waals surface area contributed by atoms with Gasteiger partial charge in [0.25, 0.3) is 5.91 Å². The molecule has 25 heavy (non-hydrogen) atoms. The molecule has 4 rings (SSSR count). The number of aromatic nitrogens is 2. The molecule has 0 radical (unpaired) electrons. The van der Waals surface area contributed by atoms with E-state index < -0.39 is 6.10 Å². The van der Waals surface area contributed by atoms with Gasteiger partial charge in [-0.3, -0.25) is 9.59 Å². The molecule has 2 aliphatic rings. The number of aryl methyl sites for hydroxylation is 1. The number of ether oxygens (including phenoxy) is 2. The zero-order valence-corrected chi connectivity index (χ0v) is 14.0. The first-order chi connectivity index (χ1) is 12.1. The highest BCUT2D eigenvalue weighted by atomic mass is 35.5. The third-order valence-electron chi connectivity index (χ3n) is 4.29. The molecule has 0 saturated carbocycles. The minimum absolute atomic E-state index is 0.166. The fourth-order valence-electron chi connectivity index (χ4n) is 3.04. The van der Waals surface area contributed by atoms with E-state index >= 15 is 0 Å². The summed E-state index contributed by atoms with van der Waals surface area (Å²) in [5.41, 5.74) is 1.23. The number of carbonyl (C=O) groups excluding carboxylic acids is 2. The molecule has 1 aromatic heterocycles. The van der Waals surface area contributed by atoms with Crippen molar-refractivity contribution in [1.29, 1.82) is 0 Å². The number of amides is 1. The van der Waals surface area contributed by atoms with Crippen LogP contribution in [0.3, 0.4) is 0 Å². The van der Waals surface area contributed by atoms with Gasteiger partial charge in [-0.15, -0.1) is 0 Å². The molecule has 1 N–H and O–H groups in total. The molecule has 1 unspecified atom stereocenters. The molecule has 0 fully saturated rings. The molecule has 1 aromatic carbocycles. The third-order valence-corrected chi connectivity index (χ3v) is 4.52. The number of benzene rings is 1. The summed E-state index contributed by atoms with van der Waals surface area (Å²) in [6.45, 7) is 0.933. The van der Waals surface area contributed by atoms with Crippen LogP contribution in [-0.4, -0.2) is 40.7 Å². The minimum Gasteiger partial charge on any atom is -0.491 e. The van der Waals surface area contributed by atoms with Crippen LogP contribution >= 0.6 is 11.6 Å². The lowest BCUT2D eigenvalue weighted by Crippen LogP contribution is -2.42. The SMILES string of the molecule is O=CC1CCn2nc(C(=O)N[C@H]3COc4ccc(Cl)cc4C3)cc2O1. The van der Waals surface area contributed by atoms with Crippen LogP contribution in [-0.2, 0) is 17.8 Å². The van der Waals surface area contributed by atoms with E-state index in [1.807, 2.05) is 12.1 Å². The highest BCUT2D eigenvalue weighted by molar-refractivity contribution is 6.30. The third kappa shape index (κ3) is 3.19. The van der Waals surface area contributed by atoms with Crippen molar-refractivity contribution in [3.05, 3.63) is 40.5 Å². The van der Waals surface area contributed by atoms with Gasteiger partial charge in [-0.1, -0.05) is 11.6 Å². The average molecular weight is 362 g/mol. The summed E-state index contributed by atoms with van der Waals surface area (Å²) in [5.74, 6) is 0.929. The summed E-state index contributed by atoms with van der Waals surface area (Å²) < 4.78 is 12.7. The van der Waals surface area contributed by atoms with E-state index in [4.69, 9.17) is 21.1 Å². The van der Waals surface area contributed by atoms with Gasteiger partial charge < -0.3 is 14.8 Å². The highest BCUT2D eigenvalue weighted by Gasteiger charge is 2.26. The maximum Gasteiger partial charge on any atom is 0.272 e. The van der Waals surface area contributed by atoms with E-state index in [1.54, 1.807) is 16.8 Å². The van der Waals surface area contributed by atoms with Crippen LogP contribution in [0.25, 0.3) is 0 Å². The van der Waals surface area contributed by atoms with Crippen molar-refractivity contribution in [3.8, 4) is 11.6 Å². The lowest BCUT2D eigenvalue weighted by molar-refractivity contribution is -0.115. The topological polar surface area (TPSA) is 82.5 Å². The average Bonchev–Trinajstić information content (AvgIpc) is 3.04. The minimum atomic E-state index is -0.479. The fraction of sp³-hybridized carbons (Fsp3) is 0.353. The standard InChI is InChI=1S/C17H16ClN3O4/c18-11-1-2-15-10(5-11)6-12(9-24-15)19-17(23)14-7-16-21(20-14)4-3-13(8-22)25-16/h1-2,5,7-8,12-13H,3-4,6,9H2,(H,19,23)/t12-,13?/m1/s1. The van der Waals surface area contributed by atoms with Crippen molar-refractivity contribution in [2.45, 2.75) is 31.5 Å². The number of hydrogen-bond acceptors (Lipinski definition) is 5. The van der Waals surface area contributed by atoms with Gasteiger partial charge in [0.15, 0.2) is 18.1 Å². The van der Waals surface area contributed by atoms with E-state index in [1.165, 1.54) is 0 Å². The summed E-state index contributed by atoms with van der Waals surface area (Å²) in [6, 6.07) is 6.85. The molecule has 0 spiro atoms. The Kier molecular flexibility index (Phi) is 4.09. The molecule has 1 amide bonds. The number of fused-ring (bicyclic) bond motifs is 2. The zero-order valence-electron chi connectivity index (χ0n) is 13.3. The van der Waals surface area contributed by atoms with Crippen molar-refractivity contribution >= 4 is 23.8 Å². The van der Waals surface area contributed by atoms with E-state index in [2.05, 4.69) is 10.4 Å². The number of nitrogens with one attached hydrogen (secondary N) is 1. The second kappa shape index (κ2) is 6.40. The number of aldehydes is 1. The van der Waals surface area contributed by atoms with E-state index in [0.717, 1.165) is 17.6 Å². The normalized spacial score (nSPS) is 21.3. The molecule has 0 saturated heterocycles. The second-order valence-electron chi connectivity index (χ2n) is 6.11. The van der Waals surface area contributed by atoms with Crippen molar-refractivity contribution < 1.29 is 19.1 Å². The summed E-state index contributed by atoms with van der Waals surface area (Å²) in [7, 11) is 0. The van der Waals surface area contributed by atoms with Crippen molar-refractivity contribution in [1.82, 2.24) is 15.1 Å². The monoisotopic (exact) mass is 361 g/mol. The van der Waals surface area contributed by atoms with Crippen LogP contribution in [0.4, 0.5) is 0 Å². The van der Waals surface area contributed by atoms with Gasteiger partial charge in [0, 0.05) is 24.1 Å². The first kappa shape index (κ1) is 16.0. The molecule has 2 aromatic rings. The molecule has 8 heteroatoms. The van der Waals surface area contributed by atoms with Gasteiger partial charge in [0.05, 0.1) is 6.04 Å². The Balaban J connectivity index is 1.45. The Morgan fingerprint density at radius 2 is 2.28 bits per heavy atom. The van der Waals surface area contributed by atoms with Gasteiger partial charge in [-0.25, -0.2) is 4.68 Å². The van der Waals surface area contributed by atoms with Crippen molar-refractivity contribution in [3.63, 3.8) is 0 Å². The molecule has 0 bridgehead atoms. The summed E-state index contributed by atoms with van der Waals surface area (Å²) in [4.78, 5) is 23.3. The number of rotatable bonds is 3. The van der Waals surface area contributed by atoms with Crippen LogP contribution in [0, 0.1) is 0 Å². The Bertz CT molecular complexity index is 835. The Hall–Kier alpha value is -2.54. The van der Waals surface area contributed by atoms with E-state index in [0.29, 0.717) is 36.9 Å². The van der Waals surface area contributed by atoms with Gasteiger partial charge in [0.1, 0.15) is 12.4 Å². The van der Waals surface area contributed by atoms with Crippen LogP contribution in [0.2, 0.25) is 5.02 Å². The predicted molar refractivity (Wildman–Crippen MR) is 89.2 cm³/mol. The Morgan fingerprint density at radius 1 is 1.40 bits per heavy atom. The van der Waals surface area contributed by atoms with Crippen LogP contribution in [0.5, 0.6) is 11.6 Å². The Morgan fingerprint density at radius 3 is 3.12 bits per heavy atom. The predicted octanol–water partition coefficient (Wildman–Crippen LogP) is 1.62. The number of nitrogens with zero attached hydrogens (tertiary/aromatic N) is 2. The molecule has 0 aliphatic carbocycles. The van der Waals surface area contributed by atoms with Crippen LogP contribution in [0.15, 0.2) is 24.3 Å². The maximum absolute atomic E-state index is 12.5. The fourth-order valence-corrected chi connectivity index (χ4v) is 3.23. The lowest BCUT2D eigenvalue weighted by atomic mass is 10.0. The molecule has 3 heterocycles. The quantitative estimate of drug-likeness (QED) is 0.840. The summed E-state index contributed by atoms with van der Waals surface area (Å²) in [5, 5.41) is 7.80. The van der Waals surface area contributed by atoms with Crippen molar-refractivity contribution in [2.24, 2.45) is 0 Å². The Labute approximate surface area is 148 Å². The van der Waals surface area contributed by atoms with Gasteiger partial charge in [-0.2, -0.15) is 5.10 Å². The molecule has 2 aliphatic heterocycles. The van der Waals surface area contributed by atoms with Gasteiger partial charge >= 0.3 is 0 Å². The van der Waals surface area contributed by atoms with Crippen LogP contribution < -0.4 is 14.8 Å². The first-order valence-corrected chi connectivity index (χ1v) is 8.42. The molecular weight excluding hydrogens is 346 g/mol. The maximum atomic E-state index is 12.5. The first-order valence-electron chi connectivity index (χ1n) is 8.04. The lowest BCUT2D eigenvalue weighted by Gasteiger charge is -2.25. The smallest absolute Gasteiger partial charge is 0.272 e. The molecular formula is C17H16ClN3O4. The highest BCUT2D eigenvalue weighted by Crippen LogP contribution is 2.28.